The lowest BCUT2D eigenvalue weighted by Gasteiger charge is -2.19. The van der Waals surface area contributed by atoms with E-state index in [2.05, 4.69) is 17.4 Å². The molecule has 128 valence electrons. The smallest absolute Gasteiger partial charge is 0.260 e. The van der Waals surface area contributed by atoms with E-state index >= 15 is 0 Å². The first-order valence-corrected chi connectivity index (χ1v) is 8.24. The van der Waals surface area contributed by atoms with Gasteiger partial charge in [0, 0.05) is 6.04 Å². The normalized spacial score (nSPS) is 13.0. The predicted octanol–water partition coefficient (Wildman–Crippen LogP) is 3.60. The summed E-state index contributed by atoms with van der Waals surface area (Å²) in [5.41, 5.74) is 1.27. The topological polar surface area (TPSA) is 47.6 Å². The number of carbonyl (C=O) groups is 1. The lowest BCUT2D eigenvalue weighted by atomic mass is 10.1. The van der Waals surface area contributed by atoms with Crippen LogP contribution in [-0.4, -0.2) is 25.2 Å². The van der Waals surface area contributed by atoms with Crippen molar-refractivity contribution < 1.29 is 14.3 Å². The summed E-state index contributed by atoms with van der Waals surface area (Å²) in [4.78, 5) is 12.3. The van der Waals surface area contributed by atoms with Crippen molar-refractivity contribution in [3.63, 3.8) is 0 Å². The van der Waals surface area contributed by atoms with Gasteiger partial charge in [-0.15, -0.1) is 0 Å². The molecule has 0 spiro atoms. The fourth-order valence-electron chi connectivity index (χ4n) is 2.42. The maximum Gasteiger partial charge on any atom is 0.260 e. The van der Waals surface area contributed by atoms with Crippen LogP contribution in [0, 0.1) is 0 Å². The zero-order valence-electron chi connectivity index (χ0n) is 14.5. The molecule has 1 N–H and O–H groups in total. The van der Waals surface area contributed by atoms with Gasteiger partial charge in [-0.2, -0.15) is 0 Å². The van der Waals surface area contributed by atoms with Gasteiger partial charge in [0.25, 0.3) is 5.91 Å². The van der Waals surface area contributed by atoms with Crippen LogP contribution in [0.5, 0.6) is 11.5 Å². The second kappa shape index (κ2) is 8.96. The molecular weight excluding hydrogens is 302 g/mol. The van der Waals surface area contributed by atoms with E-state index in [4.69, 9.17) is 9.47 Å². The molecule has 0 aliphatic rings. The van der Waals surface area contributed by atoms with Gasteiger partial charge in [0.2, 0.25) is 0 Å². The summed E-state index contributed by atoms with van der Waals surface area (Å²) in [5.74, 6) is 1.07. The number of methoxy groups -OCH3 is 1. The van der Waals surface area contributed by atoms with E-state index in [1.807, 2.05) is 43.3 Å². The van der Waals surface area contributed by atoms with E-state index in [1.165, 1.54) is 5.56 Å². The van der Waals surface area contributed by atoms with Gasteiger partial charge in [0.15, 0.2) is 17.6 Å². The fourth-order valence-corrected chi connectivity index (χ4v) is 2.42. The average molecular weight is 327 g/mol. The second-order valence-corrected chi connectivity index (χ2v) is 5.84. The Hall–Kier alpha value is -2.49. The van der Waals surface area contributed by atoms with Crippen molar-refractivity contribution >= 4 is 5.91 Å². The zero-order valence-corrected chi connectivity index (χ0v) is 14.5. The number of nitrogens with one attached hydrogen (secondary N) is 1. The molecule has 4 heteroatoms. The van der Waals surface area contributed by atoms with Crippen LogP contribution in [0.15, 0.2) is 54.6 Å². The lowest BCUT2D eigenvalue weighted by molar-refractivity contribution is -0.127. The second-order valence-electron chi connectivity index (χ2n) is 5.84. The molecule has 2 aromatic carbocycles. The minimum Gasteiger partial charge on any atom is -0.493 e. The first-order chi connectivity index (χ1) is 11.6. The highest BCUT2D eigenvalue weighted by molar-refractivity contribution is 5.81. The minimum absolute atomic E-state index is 0.0847. The number of ether oxygens (including phenoxy) is 2. The van der Waals surface area contributed by atoms with Gasteiger partial charge in [0.1, 0.15) is 0 Å². The molecule has 2 aromatic rings. The number of aryl methyl sites for hydroxylation is 1. The molecule has 0 saturated carbocycles. The van der Waals surface area contributed by atoms with Crippen molar-refractivity contribution in [3.05, 3.63) is 60.2 Å². The van der Waals surface area contributed by atoms with Crippen LogP contribution in [0.25, 0.3) is 0 Å². The van der Waals surface area contributed by atoms with E-state index < -0.39 is 6.10 Å². The molecule has 2 rings (SSSR count). The number of amides is 1. The maximum absolute atomic E-state index is 12.3. The monoisotopic (exact) mass is 327 g/mol. The number of para-hydroxylation sites is 2. The third-order valence-electron chi connectivity index (χ3n) is 3.84. The minimum atomic E-state index is -0.583. The number of benzene rings is 2. The lowest BCUT2D eigenvalue weighted by Crippen LogP contribution is -2.41. The molecule has 0 bridgehead atoms. The highest BCUT2D eigenvalue weighted by atomic mass is 16.5. The van der Waals surface area contributed by atoms with Crippen molar-refractivity contribution in [1.29, 1.82) is 0 Å². The van der Waals surface area contributed by atoms with Crippen LogP contribution < -0.4 is 14.8 Å². The molecule has 0 fully saturated rings. The summed E-state index contributed by atoms with van der Waals surface area (Å²) < 4.78 is 11.0. The van der Waals surface area contributed by atoms with E-state index in [-0.39, 0.29) is 11.9 Å². The van der Waals surface area contributed by atoms with Crippen molar-refractivity contribution in [2.45, 2.75) is 38.8 Å². The van der Waals surface area contributed by atoms with Crippen LogP contribution in [0.1, 0.15) is 25.8 Å². The summed E-state index contributed by atoms with van der Waals surface area (Å²) in [7, 11) is 1.58. The first kappa shape index (κ1) is 17.9. The zero-order chi connectivity index (χ0) is 17.4. The quantitative estimate of drug-likeness (QED) is 0.806. The number of hydrogen-bond donors (Lipinski definition) is 1. The first-order valence-electron chi connectivity index (χ1n) is 8.24. The molecule has 2 atom stereocenters. The molecule has 0 unspecified atom stereocenters. The van der Waals surface area contributed by atoms with Gasteiger partial charge < -0.3 is 14.8 Å². The van der Waals surface area contributed by atoms with E-state index in [0.29, 0.717) is 11.5 Å². The average Bonchev–Trinajstić information content (AvgIpc) is 2.61. The van der Waals surface area contributed by atoms with E-state index in [9.17, 15) is 4.79 Å². The van der Waals surface area contributed by atoms with E-state index in [1.54, 1.807) is 20.1 Å². The third-order valence-corrected chi connectivity index (χ3v) is 3.84. The Bertz CT molecular complexity index is 642. The fraction of sp³-hybridized carbons (Fsp3) is 0.350. The molecule has 1 amide bonds. The molecule has 0 aliphatic carbocycles. The van der Waals surface area contributed by atoms with Crippen molar-refractivity contribution in [3.8, 4) is 11.5 Å². The standard InChI is InChI=1S/C20H25NO3/c1-15(13-14-17-9-5-4-6-10-17)21-20(22)16(2)24-19-12-8-7-11-18(19)23-3/h4-12,15-16H,13-14H2,1-3H3,(H,21,22)/t15-,16-/m1/s1. The Morgan fingerprint density at radius 1 is 1.00 bits per heavy atom. The van der Waals surface area contributed by atoms with Gasteiger partial charge in [-0.05, 0) is 44.4 Å². The Kier molecular flexibility index (Phi) is 6.67. The van der Waals surface area contributed by atoms with Crippen LogP contribution in [0.3, 0.4) is 0 Å². The van der Waals surface area contributed by atoms with Crippen LogP contribution in [0.4, 0.5) is 0 Å². The number of hydrogen-bond acceptors (Lipinski definition) is 3. The summed E-state index contributed by atoms with van der Waals surface area (Å²) in [6, 6.07) is 17.7. The van der Waals surface area contributed by atoms with Gasteiger partial charge in [-0.25, -0.2) is 0 Å². The highest BCUT2D eigenvalue weighted by Crippen LogP contribution is 2.26. The number of carbonyl (C=O) groups excluding carboxylic acids is 1. The Morgan fingerprint density at radius 2 is 1.62 bits per heavy atom. The molecule has 0 aliphatic heterocycles. The summed E-state index contributed by atoms with van der Waals surface area (Å²) in [5, 5.41) is 3.00. The molecule has 0 saturated heterocycles. The molecule has 0 aromatic heterocycles. The van der Waals surface area contributed by atoms with Crippen molar-refractivity contribution in [2.24, 2.45) is 0 Å². The van der Waals surface area contributed by atoms with Crippen LogP contribution >= 0.6 is 0 Å². The third kappa shape index (κ3) is 5.30. The highest BCUT2D eigenvalue weighted by Gasteiger charge is 2.18. The Balaban J connectivity index is 1.82. The van der Waals surface area contributed by atoms with E-state index in [0.717, 1.165) is 12.8 Å². The molecule has 0 radical (unpaired) electrons. The van der Waals surface area contributed by atoms with Crippen LogP contribution in [0.2, 0.25) is 0 Å². The Morgan fingerprint density at radius 3 is 2.29 bits per heavy atom. The largest absolute Gasteiger partial charge is 0.493 e. The van der Waals surface area contributed by atoms with Gasteiger partial charge in [-0.3, -0.25) is 4.79 Å². The predicted molar refractivity (Wildman–Crippen MR) is 95.5 cm³/mol. The summed E-state index contributed by atoms with van der Waals surface area (Å²) in [6.45, 7) is 3.75. The molecular formula is C20H25NO3. The Labute approximate surface area is 143 Å². The van der Waals surface area contributed by atoms with Crippen molar-refractivity contribution in [1.82, 2.24) is 5.32 Å². The van der Waals surface area contributed by atoms with Gasteiger partial charge in [-0.1, -0.05) is 42.5 Å². The molecule has 24 heavy (non-hydrogen) atoms. The van der Waals surface area contributed by atoms with Crippen molar-refractivity contribution in [2.75, 3.05) is 7.11 Å². The van der Waals surface area contributed by atoms with Gasteiger partial charge in [0.05, 0.1) is 7.11 Å². The summed E-state index contributed by atoms with van der Waals surface area (Å²) >= 11 is 0. The molecule has 0 heterocycles. The van der Waals surface area contributed by atoms with Gasteiger partial charge >= 0.3 is 0 Å². The summed E-state index contributed by atoms with van der Waals surface area (Å²) in [6.07, 6.45) is 1.24. The SMILES string of the molecule is COc1ccccc1O[C@H](C)C(=O)N[C@H](C)CCc1ccccc1. The molecule has 4 nitrogen and oxygen atoms in total. The number of rotatable bonds is 8. The van der Waals surface area contributed by atoms with Crippen LogP contribution in [-0.2, 0) is 11.2 Å². The maximum atomic E-state index is 12.3.